The molecule has 0 spiro atoms. The summed E-state index contributed by atoms with van der Waals surface area (Å²) in [6.07, 6.45) is 0.807. The quantitative estimate of drug-likeness (QED) is 0.465. The van der Waals surface area contributed by atoms with E-state index >= 15 is 4.39 Å². The number of pyridine rings is 1. The van der Waals surface area contributed by atoms with Crippen molar-refractivity contribution in [1.82, 2.24) is 9.88 Å². The molecule has 3 rings (SSSR count). The minimum atomic E-state index is -1.06. The smallest absolute Gasteiger partial charge is 0.411 e. The summed E-state index contributed by atoms with van der Waals surface area (Å²) in [6, 6.07) is 6.04. The molecule has 0 fully saturated rings. The molecule has 9 nitrogen and oxygen atoms in total. The molecule has 0 saturated heterocycles. The van der Waals surface area contributed by atoms with Gasteiger partial charge < -0.3 is 19.9 Å². The average molecular weight is 514 g/mol. The molecule has 1 aliphatic heterocycles. The van der Waals surface area contributed by atoms with Crippen LogP contribution in [0, 0.1) is 5.82 Å². The Morgan fingerprint density at radius 2 is 1.62 bits per heavy atom. The van der Waals surface area contributed by atoms with Gasteiger partial charge in [-0.05, 0) is 77.5 Å². The molecular formula is C27H32FN3O6. The van der Waals surface area contributed by atoms with Crippen LogP contribution in [0.5, 0.6) is 0 Å². The SMILES string of the molecule is COC(=O)[C@@H]1C=C(c2nc(N)ccc2-c2ccc(C(=O)OC(C)(C)C)cc2F)CN1C(=O)OC(C)(C)C. The second-order valence-electron chi connectivity index (χ2n) is 10.6. The number of carbonyl (C=O) groups is 3. The number of halogens is 1. The zero-order valence-electron chi connectivity index (χ0n) is 22.0. The van der Waals surface area contributed by atoms with Crippen LogP contribution < -0.4 is 5.73 Å². The Morgan fingerprint density at radius 3 is 2.19 bits per heavy atom. The maximum Gasteiger partial charge on any atom is 0.411 e. The molecule has 37 heavy (non-hydrogen) atoms. The van der Waals surface area contributed by atoms with Crippen molar-refractivity contribution in [3.05, 3.63) is 53.5 Å². The first-order chi connectivity index (χ1) is 17.1. The van der Waals surface area contributed by atoms with Gasteiger partial charge in [-0.2, -0.15) is 0 Å². The van der Waals surface area contributed by atoms with Gasteiger partial charge in [-0.15, -0.1) is 0 Å². The molecule has 2 aromatic rings. The predicted octanol–water partition coefficient (Wildman–Crippen LogP) is 4.60. The van der Waals surface area contributed by atoms with E-state index in [2.05, 4.69) is 4.98 Å². The number of rotatable bonds is 4. The summed E-state index contributed by atoms with van der Waals surface area (Å²) in [5.74, 6) is -1.83. The third-order valence-corrected chi connectivity index (χ3v) is 5.22. The number of amides is 1. The number of nitrogen functional groups attached to an aromatic ring is 1. The number of hydrogen-bond acceptors (Lipinski definition) is 8. The van der Waals surface area contributed by atoms with Crippen LogP contribution in [0.1, 0.15) is 57.6 Å². The van der Waals surface area contributed by atoms with Crippen LogP contribution in [0.2, 0.25) is 0 Å². The van der Waals surface area contributed by atoms with Gasteiger partial charge >= 0.3 is 18.0 Å². The van der Waals surface area contributed by atoms with E-state index in [1.54, 1.807) is 47.6 Å². The Kier molecular flexibility index (Phi) is 7.62. The molecule has 2 heterocycles. The molecule has 0 bridgehead atoms. The van der Waals surface area contributed by atoms with Gasteiger partial charge in [-0.25, -0.2) is 23.8 Å². The van der Waals surface area contributed by atoms with E-state index in [4.69, 9.17) is 19.9 Å². The van der Waals surface area contributed by atoms with Gasteiger partial charge in [0, 0.05) is 11.1 Å². The first kappa shape index (κ1) is 27.6. The van der Waals surface area contributed by atoms with Crippen molar-refractivity contribution in [2.24, 2.45) is 0 Å². The van der Waals surface area contributed by atoms with Crippen molar-refractivity contribution in [1.29, 1.82) is 0 Å². The number of nitrogens with zero attached hydrogens (tertiary/aromatic N) is 2. The van der Waals surface area contributed by atoms with E-state index in [0.29, 0.717) is 11.1 Å². The lowest BCUT2D eigenvalue weighted by atomic mass is 9.97. The van der Waals surface area contributed by atoms with Crippen molar-refractivity contribution < 1.29 is 33.0 Å². The van der Waals surface area contributed by atoms with Crippen LogP contribution in [0.4, 0.5) is 15.0 Å². The van der Waals surface area contributed by atoms with Gasteiger partial charge in [-0.1, -0.05) is 6.07 Å². The highest BCUT2D eigenvalue weighted by molar-refractivity contribution is 5.93. The number of esters is 2. The Hall–Kier alpha value is -3.95. The summed E-state index contributed by atoms with van der Waals surface area (Å²) in [6.45, 7) is 10.3. The fraction of sp³-hybridized carbons (Fsp3) is 0.407. The molecule has 1 aromatic heterocycles. The average Bonchev–Trinajstić information content (AvgIpc) is 3.22. The van der Waals surface area contributed by atoms with Crippen LogP contribution in [-0.2, 0) is 19.0 Å². The van der Waals surface area contributed by atoms with Gasteiger partial charge in [-0.3, -0.25) is 4.90 Å². The topological polar surface area (TPSA) is 121 Å². The van der Waals surface area contributed by atoms with Gasteiger partial charge in [0.15, 0.2) is 6.04 Å². The monoisotopic (exact) mass is 513 g/mol. The van der Waals surface area contributed by atoms with E-state index in [9.17, 15) is 14.4 Å². The van der Waals surface area contributed by atoms with Crippen molar-refractivity contribution in [3.8, 4) is 11.1 Å². The summed E-state index contributed by atoms with van der Waals surface area (Å²) < 4.78 is 31.0. The number of carbonyl (C=O) groups excluding carboxylic acids is 3. The molecule has 0 unspecified atom stereocenters. The minimum absolute atomic E-state index is 0.0459. The highest BCUT2D eigenvalue weighted by Gasteiger charge is 2.38. The van der Waals surface area contributed by atoms with Crippen LogP contribution in [0.25, 0.3) is 16.7 Å². The maximum atomic E-state index is 15.3. The summed E-state index contributed by atoms with van der Waals surface area (Å²) in [5, 5.41) is 0. The van der Waals surface area contributed by atoms with E-state index in [1.807, 2.05) is 0 Å². The van der Waals surface area contributed by atoms with E-state index < -0.39 is 41.1 Å². The molecule has 1 amide bonds. The summed E-state index contributed by atoms with van der Waals surface area (Å²) in [5.41, 5.74) is 5.73. The Balaban J connectivity index is 2.03. The minimum Gasteiger partial charge on any atom is -0.467 e. The summed E-state index contributed by atoms with van der Waals surface area (Å²) in [4.78, 5) is 43.3. The van der Waals surface area contributed by atoms with Gasteiger partial charge in [0.05, 0.1) is 24.9 Å². The van der Waals surface area contributed by atoms with E-state index in [1.165, 1.54) is 36.3 Å². The lowest BCUT2D eigenvalue weighted by molar-refractivity contribution is -0.144. The van der Waals surface area contributed by atoms with Crippen molar-refractivity contribution in [2.45, 2.75) is 58.8 Å². The molecule has 10 heteroatoms. The molecular weight excluding hydrogens is 481 g/mol. The highest BCUT2D eigenvalue weighted by Crippen LogP contribution is 2.35. The fourth-order valence-electron chi connectivity index (χ4n) is 3.72. The standard InChI is InChI=1S/C27H32FN3O6/c1-26(2,3)36-23(32)15-8-9-17(19(28)12-15)18-10-11-21(29)30-22(18)16-13-20(24(33)35-7)31(14-16)25(34)37-27(4,5)6/h8-13,20H,14H2,1-7H3,(H2,29,30)/t20-/m0/s1. The van der Waals surface area contributed by atoms with Crippen LogP contribution >= 0.6 is 0 Å². The molecule has 1 aromatic carbocycles. The summed E-state index contributed by atoms with van der Waals surface area (Å²) >= 11 is 0. The molecule has 198 valence electrons. The molecule has 0 saturated carbocycles. The molecule has 1 aliphatic rings. The number of ether oxygens (including phenoxy) is 3. The first-order valence-electron chi connectivity index (χ1n) is 11.7. The third kappa shape index (κ3) is 6.63. The van der Waals surface area contributed by atoms with Gasteiger partial charge in [0.25, 0.3) is 0 Å². The number of methoxy groups -OCH3 is 1. The zero-order chi connectivity index (χ0) is 27.7. The second kappa shape index (κ2) is 10.2. The molecule has 2 N–H and O–H groups in total. The predicted molar refractivity (Wildman–Crippen MR) is 136 cm³/mol. The number of benzene rings is 1. The third-order valence-electron chi connectivity index (χ3n) is 5.22. The molecule has 0 aliphatic carbocycles. The van der Waals surface area contributed by atoms with Crippen LogP contribution in [0.3, 0.4) is 0 Å². The lowest BCUT2D eigenvalue weighted by Crippen LogP contribution is -2.44. The number of nitrogens with two attached hydrogens (primary N) is 1. The van der Waals surface area contributed by atoms with Crippen LogP contribution in [-0.4, -0.2) is 58.8 Å². The highest BCUT2D eigenvalue weighted by atomic mass is 19.1. The fourth-order valence-corrected chi connectivity index (χ4v) is 3.72. The van der Waals surface area contributed by atoms with Crippen LogP contribution in [0.15, 0.2) is 36.4 Å². The Labute approximate surface area is 215 Å². The first-order valence-corrected chi connectivity index (χ1v) is 11.7. The van der Waals surface area contributed by atoms with Crippen molar-refractivity contribution in [2.75, 3.05) is 19.4 Å². The van der Waals surface area contributed by atoms with Crippen molar-refractivity contribution in [3.63, 3.8) is 0 Å². The number of anilines is 1. The summed E-state index contributed by atoms with van der Waals surface area (Å²) in [7, 11) is 1.22. The van der Waals surface area contributed by atoms with E-state index in [-0.39, 0.29) is 29.2 Å². The number of aromatic nitrogens is 1. The normalized spacial score (nSPS) is 15.7. The maximum absolute atomic E-state index is 15.3. The largest absolute Gasteiger partial charge is 0.467 e. The Morgan fingerprint density at radius 1 is 1.00 bits per heavy atom. The van der Waals surface area contributed by atoms with Gasteiger partial charge in [0.1, 0.15) is 22.8 Å². The molecule has 0 radical (unpaired) electrons. The van der Waals surface area contributed by atoms with E-state index in [0.717, 1.165) is 6.07 Å². The molecule has 1 atom stereocenters. The Bertz CT molecular complexity index is 1260. The number of hydrogen-bond donors (Lipinski definition) is 1. The van der Waals surface area contributed by atoms with Gasteiger partial charge in [0.2, 0.25) is 0 Å². The second-order valence-corrected chi connectivity index (χ2v) is 10.6. The van der Waals surface area contributed by atoms with Crippen molar-refractivity contribution >= 4 is 29.4 Å². The zero-order valence-corrected chi connectivity index (χ0v) is 22.0. The lowest BCUT2D eigenvalue weighted by Gasteiger charge is -2.27.